The molecule has 14 heavy (non-hydrogen) atoms. The zero-order valence-electron chi connectivity index (χ0n) is 7.39. The van der Waals surface area contributed by atoms with E-state index >= 15 is 0 Å². The molecule has 1 heterocycles. The van der Waals surface area contributed by atoms with Crippen LogP contribution in [0.25, 0.3) is 5.69 Å². The van der Waals surface area contributed by atoms with E-state index in [1.807, 2.05) is 0 Å². The predicted octanol–water partition coefficient (Wildman–Crippen LogP) is 1.50. The molecular weight excluding hydrogens is 183 g/mol. The van der Waals surface area contributed by atoms with Gasteiger partial charge in [0.15, 0.2) is 0 Å². The van der Waals surface area contributed by atoms with Crippen LogP contribution in [-0.2, 0) is 6.61 Å². The summed E-state index contributed by atoms with van der Waals surface area (Å²) in [5, 5.41) is 13.0. The van der Waals surface area contributed by atoms with Gasteiger partial charge in [0.2, 0.25) is 0 Å². The van der Waals surface area contributed by atoms with Crippen molar-refractivity contribution in [3.63, 3.8) is 0 Å². The fraction of sp³-hybridized carbons (Fsp3) is 0.100. The molecule has 3 nitrogen and oxygen atoms in total. The second kappa shape index (κ2) is 3.59. The van der Waals surface area contributed by atoms with E-state index in [4.69, 9.17) is 5.11 Å². The highest BCUT2D eigenvalue weighted by molar-refractivity contribution is 5.32. The summed E-state index contributed by atoms with van der Waals surface area (Å²) < 4.78 is 14.2. The third kappa shape index (κ3) is 1.52. The Labute approximate surface area is 80.4 Å². The summed E-state index contributed by atoms with van der Waals surface area (Å²) in [6, 6.07) is 7.66. The number of benzene rings is 1. The quantitative estimate of drug-likeness (QED) is 0.783. The molecule has 0 aliphatic rings. The third-order valence-corrected chi connectivity index (χ3v) is 1.95. The van der Waals surface area contributed by atoms with Crippen molar-refractivity contribution in [2.24, 2.45) is 0 Å². The molecule has 4 heteroatoms. The topological polar surface area (TPSA) is 38.1 Å². The SMILES string of the molecule is OCc1ccnn1-c1ccc(F)cc1. The first-order valence-corrected chi connectivity index (χ1v) is 4.21. The highest BCUT2D eigenvalue weighted by Crippen LogP contribution is 2.10. The van der Waals surface area contributed by atoms with Gasteiger partial charge < -0.3 is 5.11 Å². The largest absolute Gasteiger partial charge is 0.390 e. The molecule has 1 aromatic carbocycles. The Morgan fingerprint density at radius 2 is 1.93 bits per heavy atom. The summed E-state index contributed by atoms with van der Waals surface area (Å²) in [5.74, 6) is -0.286. The number of nitrogens with zero attached hydrogens (tertiary/aromatic N) is 2. The van der Waals surface area contributed by atoms with Gasteiger partial charge in [-0.2, -0.15) is 5.10 Å². The van der Waals surface area contributed by atoms with Crippen molar-refractivity contribution in [2.45, 2.75) is 6.61 Å². The number of hydrogen-bond acceptors (Lipinski definition) is 2. The number of aliphatic hydroxyl groups excluding tert-OH is 1. The summed E-state index contributed by atoms with van der Waals surface area (Å²) in [5.41, 5.74) is 1.41. The minimum atomic E-state index is -0.286. The summed E-state index contributed by atoms with van der Waals surface area (Å²) >= 11 is 0. The summed E-state index contributed by atoms with van der Waals surface area (Å²) in [6.07, 6.45) is 1.59. The fourth-order valence-electron chi connectivity index (χ4n) is 1.27. The van der Waals surface area contributed by atoms with E-state index < -0.39 is 0 Å². The normalized spacial score (nSPS) is 10.4. The van der Waals surface area contributed by atoms with E-state index in [1.165, 1.54) is 12.1 Å². The maximum Gasteiger partial charge on any atom is 0.123 e. The van der Waals surface area contributed by atoms with Gasteiger partial charge in [-0.1, -0.05) is 0 Å². The fourth-order valence-corrected chi connectivity index (χ4v) is 1.27. The van der Waals surface area contributed by atoms with Gasteiger partial charge in [0.05, 0.1) is 18.0 Å². The van der Waals surface area contributed by atoms with Crippen molar-refractivity contribution < 1.29 is 9.50 Å². The van der Waals surface area contributed by atoms with Crippen LogP contribution in [0.3, 0.4) is 0 Å². The van der Waals surface area contributed by atoms with Crippen LogP contribution in [-0.4, -0.2) is 14.9 Å². The molecular formula is C10H9FN2O. The Morgan fingerprint density at radius 1 is 1.21 bits per heavy atom. The van der Waals surface area contributed by atoms with Gasteiger partial charge in [-0.25, -0.2) is 9.07 Å². The molecule has 0 fully saturated rings. The number of halogens is 1. The maximum absolute atomic E-state index is 12.6. The first-order valence-electron chi connectivity index (χ1n) is 4.21. The van der Waals surface area contributed by atoms with Gasteiger partial charge in [0.1, 0.15) is 5.82 Å². The lowest BCUT2D eigenvalue weighted by Crippen LogP contribution is -2.01. The van der Waals surface area contributed by atoms with Crippen molar-refractivity contribution in [1.82, 2.24) is 9.78 Å². The lowest BCUT2D eigenvalue weighted by atomic mass is 10.3. The zero-order valence-corrected chi connectivity index (χ0v) is 7.39. The molecule has 0 radical (unpaired) electrons. The third-order valence-electron chi connectivity index (χ3n) is 1.95. The van der Waals surface area contributed by atoms with Crippen molar-refractivity contribution >= 4 is 0 Å². The van der Waals surface area contributed by atoms with E-state index in [2.05, 4.69) is 5.10 Å². The predicted molar refractivity (Wildman–Crippen MR) is 49.4 cm³/mol. The lowest BCUT2D eigenvalue weighted by Gasteiger charge is -2.04. The van der Waals surface area contributed by atoms with Gasteiger partial charge in [0.25, 0.3) is 0 Å². The molecule has 2 aromatic rings. The molecule has 0 atom stereocenters. The molecule has 0 aliphatic heterocycles. The second-order valence-electron chi connectivity index (χ2n) is 2.87. The van der Waals surface area contributed by atoms with Crippen molar-refractivity contribution in [3.8, 4) is 5.69 Å². The van der Waals surface area contributed by atoms with Gasteiger partial charge >= 0.3 is 0 Å². The van der Waals surface area contributed by atoms with E-state index in [9.17, 15) is 4.39 Å². The van der Waals surface area contributed by atoms with Crippen molar-refractivity contribution in [3.05, 3.63) is 48.0 Å². The van der Waals surface area contributed by atoms with Gasteiger partial charge in [-0.15, -0.1) is 0 Å². The van der Waals surface area contributed by atoms with Crippen LogP contribution < -0.4 is 0 Å². The molecule has 1 aromatic heterocycles. The number of aliphatic hydroxyl groups is 1. The second-order valence-corrected chi connectivity index (χ2v) is 2.87. The van der Waals surface area contributed by atoms with Crippen LogP contribution in [0.4, 0.5) is 4.39 Å². The molecule has 0 unspecified atom stereocenters. The Kier molecular flexibility index (Phi) is 2.28. The smallest absolute Gasteiger partial charge is 0.123 e. The van der Waals surface area contributed by atoms with E-state index in [-0.39, 0.29) is 12.4 Å². The van der Waals surface area contributed by atoms with Gasteiger partial charge in [-0.3, -0.25) is 0 Å². The number of hydrogen-bond donors (Lipinski definition) is 1. The average molecular weight is 192 g/mol. The van der Waals surface area contributed by atoms with Crippen LogP contribution in [0.2, 0.25) is 0 Å². The number of rotatable bonds is 2. The summed E-state index contributed by atoms with van der Waals surface area (Å²) in [7, 11) is 0. The summed E-state index contributed by atoms with van der Waals surface area (Å²) in [4.78, 5) is 0. The first-order chi connectivity index (χ1) is 6.81. The summed E-state index contributed by atoms with van der Waals surface area (Å²) in [6.45, 7) is -0.0859. The van der Waals surface area contributed by atoms with Gasteiger partial charge in [-0.05, 0) is 30.3 Å². The minimum absolute atomic E-state index is 0.0859. The zero-order chi connectivity index (χ0) is 9.97. The molecule has 1 N–H and O–H groups in total. The maximum atomic E-state index is 12.6. The van der Waals surface area contributed by atoms with E-state index in [0.717, 1.165) is 5.69 Å². The molecule has 0 saturated carbocycles. The van der Waals surface area contributed by atoms with Crippen LogP contribution in [0.5, 0.6) is 0 Å². The van der Waals surface area contributed by atoms with Crippen molar-refractivity contribution in [2.75, 3.05) is 0 Å². The van der Waals surface area contributed by atoms with E-state index in [1.54, 1.807) is 29.1 Å². The molecule has 0 bridgehead atoms. The lowest BCUT2D eigenvalue weighted by molar-refractivity contribution is 0.273. The monoisotopic (exact) mass is 192 g/mol. The van der Waals surface area contributed by atoms with Crippen molar-refractivity contribution in [1.29, 1.82) is 0 Å². The molecule has 2 rings (SSSR count). The standard InChI is InChI=1S/C10H9FN2O/c11-8-1-3-9(4-2-8)13-10(7-14)5-6-12-13/h1-6,14H,7H2. The molecule has 0 saturated heterocycles. The molecule has 0 aliphatic carbocycles. The highest BCUT2D eigenvalue weighted by atomic mass is 19.1. The molecule has 0 amide bonds. The Hall–Kier alpha value is -1.68. The number of aromatic nitrogens is 2. The minimum Gasteiger partial charge on any atom is -0.390 e. The van der Waals surface area contributed by atoms with Crippen LogP contribution in [0.15, 0.2) is 36.5 Å². The Morgan fingerprint density at radius 3 is 2.57 bits per heavy atom. The highest BCUT2D eigenvalue weighted by Gasteiger charge is 2.02. The molecule has 72 valence electrons. The van der Waals surface area contributed by atoms with Gasteiger partial charge in [0, 0.05) is 6.20 Å². The Bertz CT molecular complexity index is 422. The van der Waals surface area contributed by atoms with Crippen LogP contribution >= 0.6 is 0 Å². The van der Waals surface area contributed by atoms with Crippen LogP contribution in [0, 0.1) is 5.82 Å². The molecule has 0 spiro atoms. The Balaban J connectivity index is 2.44. The average Bonchev–Trinajstić information content (AvgIpc) is 2.67. The van der Waals surface area contributed by atoms with E-state index in [0.29, 0.717) is 5.69 Å². The van der Waals surface area contributed by atoms with Crippen LogP contribution in [0.1, 0.15) is 5.69 Å². The first kappa shape index (κ1) is 8.90.